The van der Waals surface area contributed by atoms with E-state index in [9.17, 15) is 0 Å². The number of anilines is 1. The Kier molecular flexibility index (Phi) is 2.68. The largest absolute Gasteiger partial charge is 0.381 e. The molecule has 15 heavy (non-hydrogen) atoms. The molecule has 0 unspecified atom stereocenters. The second kappa shape index (κ2) is 3.98. The van der Waals surface area contributed by atoms with E-state index < -0.39 is 0 Å². The van der Waals surface area contributed by atoms with Crippen molar-refractivity contribution in [2.75, 3.05) is 5.73 Å². The fourth-order valence-electron chi connectivity index (χ4n) is 1.36. The molecule has 6 heteroatoms. The number of nitrogen functional groups attached to an aromatic ring is 1. The zero-order valence-corrected chi connectivity index (χ0v) is 9.58. The first-order valence-electron chi connectivity index (χ1n) is 4.73. The molecule has 0 radical (unpaired) electrons. The minimum absolute atomic E-state index is 0.510. The summed E-state index contributed by atoms with van der Waals surface area (Å²) in [6.45, 7) is 4.75. The lowest BCUT2D eigenvalue weighted by Crippen LogP contribution is -2.05. The highest BCUT2D eigenvalue weighted by Gasteiger charge is 2.06. The molecule has 0 spiro atoms. The highest BCUT2D eigenvalue weighted by Crippen LogP contribution is 2.14. The van der Waals surface area contributed by atoms with Crippen LogP contribution in [0.1, 0.15) is 16.3 Å². The molecule has 0 aliphatic rings. The SMILES string of the molecule is Cc1ncsc1CCn1nnc(N)c1C. The van der Waals surface area contributed by atoms with Gasteiger partial charge in [-0.3, -0.25) is 0 Å². The lowest BCUT2D eigenvalue weighted by atomic mass is 10.3. The molecular weight excluding hydrogens is 210 g/mol. The second-order valence-corrected chi connectivity index (χ2v) is 4.33. The lowest BCUT2D eigenvalue weighted by Gasteiger charge is -2.01. The minimum atomic E-state index is 0.510. The molecule has 0 atom stereocenters. The molecule has 2 heterocycles. The van der Waals surface area contributed by atoms with Crippen molar-refractivity contribution < 1.29 is 0 Å². The minimum Gasteiger partial charge on any atom is -0.381 e. The second-order valence-electron chi connectivity index (χ2n) is 3.39. The predicted molar refractivity (Wildman–Crippen MR) is 59.7 cm³/mol. The smallest absolute Gasteiger partial charge is 0.168 e. The van der Waals surface area contributed by atoms with E-state index in [1.54, 1.807) is 11.3 Å². The van der Waals surface area contributed by atoms with Crippen molar-refractivity contribution in [2.45, 2.75) is 26.8 Å². The number of hydrogen-bond donors (Lipinski definition) is 1. The average molecular weight is 223 g/mol. The lowest BCUT2D eigenvalue weighted by molar-refractivity contribution is 0.577. The van der Waals surface area contributed by atoms with Gasteiger partial charge in [0.05, 0.1) is 16.9 Å². The van der Waals surface area contributed by atoms with Crippen molar-refractivity contribution in [2.24, 2.45) is 0 Å². The van der Waals surface area contributed by atoms with Gasteiger partial charge in [-0.05, 0) is 13.8 Å². The van der Waals surface area contributed by atoms with Crippen LogP contribution in [0.4, 0.5) is 5.82 Å². The summed E-state index contributed by atoms with van der Waals surface area (Å²) < 4.78 is 1.83. The maximum atomic E-state index is 5.62. The van der Waals surface area contributed by atoms with Crippen LogP contribution in [0.15, 0.2) is 5.51 Å². The van der Waals surface area contributed by atoms with Crippen molar-refractivity contribution in [1.82, 2.24) is 20.0 Å². The van der Waals surface area contributed by atoms with E-state index in [-0.39, 0.29) is 0 Å². The first-order valence-corrected chi connectivity index (χ1v) is 5.61. The van der Waals surface area contributed by atoms with Crippen LogP contribution in [0.3, 0.4) is 0 Å². The number of aromatic nitrogens is 4. The molecule has 2 aromatic heterocycles. The Labute approximate surface area is 91.9 Å². The molecule has 0 saturated heterocycles. The zero-order chi connectivity index (χ0) is 10.8. The van der Waals surface area contributed by atoms with Crippen LogP contribution in [0.5, 0.6) is 0 Å². The van der Waals surface area contributed by atoms with E-state index in [1.165, 1.54) is 4.88 Å². The van der Waals surface area contributed by atoms with E-state index in [1.807, 2.05) is 24.0 Å². The molecule has 80 valence electrons. The molecule has 0 aliphatic carbocycles. The zero-order valence-electron chi connectivity index (χ0n) is 8.77. The van der Waals surface area contributed by atoms with Gasteiger partial charge in [-0.25, -0.2) is 9.67 Å². The van der Waals surface area contributed by atoms with E-state index in [0.717, 1.165) is 24.4 Å². The van der Waals surface area contributed by atoms with Crippen molar-refractivity contribution in [3.63, 3.8) is 0 Å². The third kappa shape index (κ3) is 1.99. The molecule has 0 bridgehead atoms. The summed E-state index contributed by atoms with van der Waals surface area (Å²) in [7, 11) is 0. The number of hydrogen-bond acceptors (Lipinski definition) is 5. The first kappa shape index (κ1) is 10.1. The number of rotatable bonds is 3. The van der Waals surface area contributed by atoms with Crippen LogP contribution in [0, 0.1) is 13.8 Å². The number of nitrogens with zero attached hydrogens (tertiary/aromatic N) is 4. The maximum Gasteiger partial charge on any atom is 0.168 e. The number of thiazole rings is 1. The third-order valence-corrected chi connectivity index (χ3v) is 3.41. The van der Waals surface area contributed by atoms with Gasteiger partial charge in [0.1, 0.15) is 0 Å². The third-order valence-electron chi connectivity index (χ3n) is 2.41. The van der Waals surface area contributed by atoms with Crippen LogP contribution in [0.2, 0.25) is 0 Å². The Morgan fingerprint density at radius 3 is 2.80 bits per heavy atom. The van der Waals surface area contributed by atoms with Gasteiger partial charge in [0.15, 0.2) is 5.82 Å². The molecule has 0 aromatic carbocycles. The van der Waals surface area contributed by atoms with Gasteiger partial charge in [-0.15, -0.1) is 16.4 Å². The van der Waals surface area contributed by atoms with Gasteiger partial charge in [-0.2, -0.15) is 0 Å². The van der Waals surface area contributed by atoms with Crippen LogP contribution >= 0.6 is 11.3 Å². The molecule has 2 N–H and O–H groups in total. The summed E-state index contributed by atoms with van der Waals surface area (Å²) in [5.74, 6) is 0.510. The summed E-state index contributed by atoms with van der Waals surface area (Å²) in [5.41, 5.74) is 9.51. The van der Waals surface area contributed by atoms with Crippen molar-refractivity contribution >= 4 is 17.2 Å². The molecule has 5 nitrogen and oxygen atoms in total. The maximum absolute atomic E-state index is 5.62. The summed E-state index contributed by atoms with van der Waals surface area (Å²) in [6.07, 6.45) is 0.931. The van der Waals surface area contributed by atoms with Gasteiger partial charge in [0.2, 0.25) is 0 Å². The summed E-state index contributed by atoms with van der Waals surface area (Å²) in [5, 5.41) is 7.79. The van der Waals surface area contributed by atoms with E-state index in [4.69, 9.17) is 5.73 Å². The van der Waals surface area contributed by atoms with Crippen molar-refractivity contribution in [3.05, 3.63) is 21.8 Å². The molecule has 2 rings (SSSR count). The standard InChI is InChI=1S/C9H13N5S/c1-6-8(15-5-11-6)3-4-14-7(2)9(10)12-13-14/h5H,3-4,10H2,1-2H3. The summed E-state index contributed by atoms with van der Waals surface area (Å²) in [6, 6.07) is 0. The van der Waals surface area contributed by atoms with Gasteiger partial charge in [-0.1, -0.05) is 5.21 Å². The molecule has 2 aromatic rings. The fraction of sp³-hybridized carbons (Fsp3) is 0.444. The molecule has 0 amide bonds. The van der Waals surface area contributed by atoms with Crippen LogP contribution in [-0.4, -0.2) is 20.0 Å². The normalized spacial score (nSPS) is 10.8. The van der Waals surface area contributed by atoms with E-state index >= 15 is 0 Å². The van der Waals surface area contributed by atoms with Crippen LogP contribution < -0.4 is 5.73 Å². The first-order chi connectivity index (χ1) is 7.18. The summed E-state index contributed by atoms with van der Waals surface area (Å²) in [4.78, 5) is 5.50. The Balaban J connectivity index is 2.05. The monoisotopic (exact) mass is 223 g/mol. The summed E-state index contributed by atoms with van der Waals surface area (Å²) >= 11 is 1.68. The Hall–Kier alpha value is -1.43. The van der Waals surface area contributed by atoms with Crippen molar-refractivity contribution in [3.8, 4) is 0 Å². The Morgan fingerprint density at radius 2 is 2.27 bits per heavy atom. The van der Waals surface area contributed by atoms with E-state index in [0.29, 0.717) is 5.82 Å². The van der Waals surface area contributed by atoms with Gasteiger partial charge in [0, 0.05) is 17.8 Å². The van der Waals surface area contributed by atoms with Gasteiger partial charge < -0.3 is 5.73 Å². The van der Waals surface area contributed by atoms with Gasteiger partial charge >= 0.3 is 0 Å². The van der Waals surface area contributed by atoms with E-state index in [2.05, 4.69) is 15.3 Å². The fourth-order valence-corrected chi connectivity index (χ4v) is 2.13. The van der Waals surface area contributed by atoms with Crippen molar-refractivity contribution in [1.29, 1.82) is 0 Å². The average Bonchev–Trinajstić information content (AvgIpc) is 2.74. The van der Waals surface area contributed by atoms with Gasteiger partial charge in [0.25, 0.3) is 0 Å². The Morgan fingerprint density at radius 1 is 1.47 bits per heavy atom. The molecular formula is C9H13N5S. The molecule has 0 aliphatic heterocycles. The number of nitrogens with two attached hydrogens (primary N) is 1. The highest BCUT2D eigenvalue weighted by molar-refractivity contribution is 7.09. The predicted octanol–water partition coefficient (Wildman–Crippen LogP) is 1.18. The number of aryl methyl sites for hydroxylation is 3. The Bertz CT molecular complexity index is 459. The highest BCUT2D eigenvalue weighted by atomic mass is 32.1. The quantitative estimate of drug-likeness (QED) is 0.848. The topological polar surface area (TPSA) is 69.6 Å². The molecule has 0 fully saturated rings. The van der Waals surface area contributed by atoms with Crippen LogP contribution in [0.25, 0.3) is 0 Å². The molecule has 0 saturated carbocycles. The van der Waals surface area contributed by atoms with Crippen LogP contribution in [-0.2, 0) is 13.0 Å².